The number of halogens is 1. The van der Waals surface area contributed by atoms with E-state index in [4.69, 9.17) is 4.74 Å². The highest BCUT2D eigenvalue weighted by atomic mass is 19.1. The molecular formula is C31H39FN2O2. The van der Waals surface area contributed by atoms with E-state index in [0.717, 1.165) is 36.8 Å². The zero-order valence-corrected chi connectivity index (χ0v) is 21.8. The molecule has 3 rings (SSSR count). The lowest BCUT2D eigenvalue weighted by Crippen LogP contribution is -2.12. The summed E-state index contributed by atoms with van der Waals surface area (Å²) in [7, 11) is 0. The molecule has 0 amide bonds. The Kier molecular flexibility index (Phi) is 11.6. The molecule has 2 aromatic carbocycles. The van der Waals surface area contributed by atoms with Gasteiger partial charge in [-0.3, -0.25) is 0 Å². The minimum atomic E-state index is -0.770. The number of aromatic nitrogens is 2. The Labute approximate surface area is 215 Å². The molecule has 0 N–H and O–H groups in total. The Bertz CT molecular complexity index is 1060. The number of aryl methyl sites for hydroxylation is 2. The van der Waals surface area contributed by atoms with Gasteiger partial charge in [-0.2, -0.15) is 0 Å². The van der Waals surface area contributed by atoms with Crippen molar-refractivity contribution in [2.75, 3.05) is 0 Å². The summed E-state index contributed by atoms with van der Waals surface area (Å²) in [5.41, 5.74) is 3.75. The lowest BCUT2D eigenvalue weighted by molar-refractivity contribution is 0.0722. The minimum absolute atomic E-state index is 0.0477. The molecule has 1 heterocycles. The van der Waals surface area contributed by atoms with Crippen LogP contribution in [0.5, 0.6) is 5.88 Å². The van der Waals surface area contributed by atoms with Crippen LogP contribution in [0.15, 0.2) is 54.9 Å². The van der Waals surface area contributed by atoms with E-state index < -0.39 is 11.8 Å². The van der Waals surface area contributed by atoms with Crippen LogP contribution in [0.1, 0.15) is 99.5 Å². The topological polar surface area (TPSA) is 52.1 Å². The Morgan fingerprint density at radius 3 is 2.03 bits per heavy atom. The van der Waals surface area contributed by atoms with Crippen molar-refractivity contribution in [2.24, 2.45) is 0 Å². The fourth-order valence-electron chi connectivity index (χ4n) is 4.26. The van der Waals surface area contributed by atoms with Gasteiger partial charge in [-0.05, 0) is 48.9 Å². The van der Waals surface area contributed by atoms with Crippen LogP contribution in [0.2, 0.25) is 0 Å². The van der Waals surface area contributed by atoms with Crippen LogP contribution in [0, 0.1) is 5.82 Å². The van der Waals surface area contributed by atoms with Gasteiger partial charge in [-0.15, -0.1) is 0 Å². The number of unbranched alkanes of at least 4 members (excludes halogenated alkanes) is 8. The molecule has 0 aliphatic rings. The number of ether oxygens (including phenoxy) is 1. The molecule has 0 aliphatic carbocycles. The zero-order valence-electron chi connectivity index (χ0n) is 21.8. The van der Waals surface area contributed by atoms with E-state index in [9.17, 15) is 9.18 Å². The van der Waals surface area contributed by atoms with Gasteiger partial charge in [0.1, 0.15) is 5.82 Å². The summed E-state index contributed by atoms with van der Waals surface area (Å²) >= 11 is 0. The molecule has 192 valence electrons. The Hall–Kier alpha value is -3.08. The average Bonchev–Trinajstić information content (AvgIpc) is 2.89. The summed E-state index contributed by atoms with van der Waals surface area (Å²) in [6.45, 7) is 4.42. The predicted molar refractivity (Wildman–Crippen MR) is 144 cm³/mol. The number of carbonyl (C=O) groups excluding carboxylic acids is 1. The maximum absolute atomic E-state index is 14.6. The molecule has 0 atom stereocenters. The fourth-order valence-corrected chi connectivity index (χ4v) is 4.26. The summed E-state index contributed by atoms with van der Waals surface area (Å²) < 4.78 is 19.9. The first-order chi connectivity index (χ1) is 17.6. The summed E-state index contributed by atoms with van der Waals surface area (Å²) in [5, 5.41) is 0. The van der Waals surface area contributed by atoms with Crippen LogP contribution >= 0.6 is 0 Å². The standard InChI is InChI=1S/C31H39FN2O2/c1-3-5-7-8-9-10-12-14-25-17-20-27(28(32)21-25)31(35)36-30-23-33-29(22-34-30)26-18-15-24(16-19-26)13-11-6-4-2/h15-23H,3-14H2,1-2H3. The number of esters is 1. The van der Waals surface area contributed by atoms with E-state index in [-0.39, 0.29) is 11.4 Å². The lowest BCUT2D eigenvalue weighted by atomic mass is 10.0. The number of nitrogens with zero attached hydrogens (tertiary/aromatic N) is 2. The van der Waals surface area contributed by atoms with Crippen LogP contribution in [0.3, 0.4) is 0 Å². The van der Waals surface area contributed by atoms with Crippen molar-refractivity contribution in [1.82, 2.24) is 9.97 Å². The summed E-state index contributed by atoms with van der Waals surface area (Å²) in [5.74, 6) is -1.29. The van der Waals surface area contributed by atoms with E-state index in [1.165, 1.54) is 75.3 Å². The van der Waals surface area contributed by atoms with Gasteiger partial charge in [0.05, 0.1) is 23.7 Å². The van der Waals surface area contributed by atoms with Crippen LogP contribution in [0.4, 0.5) is 4.39 Å². The summed E-state index contributed by atoms with van der Waals surface area (Å²) in [6, 6.07) is 13.0. The van der Waals surface area contributed by atoms with Crippen molar-refractivity contribution in [2.45, 2.75) is 90.9 Å². The molecule has 0 fully saturated rings. The molecule has 0 saturated carbocycles. The normalized spacial score (nSPS) is 11.0. The Balaban J connectivity index is 1.49. The molecule has 0 radical (unpaired) electrons. The molecule has 0 bridgehead atoms. The van der Waals surface area contributed by atoms with Gasteiger partial charge in [0.25, 0.3) is 0 Å². The zero-order chi connectivity index (χ0) is 25.6. The highest BCUT2D eigenvalue weighted by Gasteiger charge is 2.16. The summed E-state index contributed by atoms with van der Waals surface area (Å²) in [4.78, 5) is 21.1. The molecule has 0 unspecified atom stereocenters. The third kappa shape index (κ3) is 8.85. The van der Waals surface area contributed by atoms with Gasteiger partial charge in [0.15, 0.2) is 0 Å². The number of carbonyl (C=O) groups is 1. The number of benzene rings is 2. The van der Waals surface area contributed by atoms with Crippen LogP contribution in [-0.2, 0) is 12.8 Å². The van der Waals surface area contributed by atoms with Gasteiger partial charge in [-0.1, -0.05) is 95.5 Å². The van der Waals surface area contributed by atoms with Gasteiger partial charge in [0, 0.05) is 5.56 Å². The van der Waals surface area contributed by atoms with E-state index in [2.05, 4.69) is 35.9 Å². The van der Waals surface area contributed by atoms with Gasteiger partial charge >= 0.3 is 5.97 Å². The van der Waals surface area contributed by atoms with Crippen molar-refractivity contribution in [3.05, 3.63) is 77.4 Å². The highest BCUT2D eigenvalue weighted by Crippen LogP contribution is 2.20. The molecule has 1 aromatic heterocycles. The minimum Gasteiger partial charge on any atom is -0.402 e. The first kappa shape index (κ1) is 27.5. The predicted octanol–water partition coefficient (Wildman–Crippen LogP) is 8.53. The van der Waals surface area contributed by atoms with Crippen LogP contribution in [0.25, 0.3) is 11.3 Å². The second-order valence-electron chi connectivity index (χ2n) is 9.47. The number of hydrogen-bond acceptors (Lipinski definition) is 4. The van der Waals surface area contributed by atoms with E-state index in [1.807, 2.05) is 12.1 Å². The average molecular weight is 491 g/mol. The Morgan fingerprint density at radius 1 is 0.750 bits per heavy atom. The molecule has 4 nitrogen and oxygen atoms in total. The third-order valence-corrected chi connectivity index (χ3v) is 6.47. The largest absolute Gasteiger partial charge is 0.402 e. The monoisotopic (exact) mass is 490 g/mol. The molecule has 0 saturated heterocycles. The van der Waals surface area contributed by atoms with Crippen molar-refractivity contribution in [3.8, 4) is 17.1 Å². The molecule has 5 heteroatoms. The first-order valence-electron chi connectivity index (χ1n) is 13.5. The summed E-state index contributed by atoms with van der Waals surface area (Å²) in [6.07, 6.45) is 17.0. The Morgan fingerprint density at radius 2 is 1.36 bits per heavy atom. The third-order valence-electron chi connectivity index (χ3n) is 6.47. The van der Waals surface area contributed by atoms with Crippen molar-refractivity contribution >= 4 is 5.97 Å². The highest BCUT2D eigenvalue weighted by molar-refractivity contribution is 5.91. The fraction of sp³-hybridized carbons (Fsp3) is 0.452. The smallest absolute Gasteiger partial charge is 0.347 e. The molecule has 36 heavy (non-hydrogen) atoms. The van der Waals surface area contributed by atoms with E-state index in [0.29, 0.717) is 5.69 Å². The lowest BCUT2D eigenvalue weighted by Gasteiger charge is -2.08. The first-order valence-corrected chi connectivity index (χ1v) is 13.5. The van der Waals surface area contributed by atoms with Crippen molar-refractivity contribution in [3.63, 3.8) is 0 Å². The maximum atomic E-state index is 14.6. The van der Waals surface area contributed by atoms with E-state index in [1.54, 1.807) is 12.3 Å². The van der Waals surface area contributed by atoms with Gasteiger partial charge in [0.2, 0.25) is 5.88 Å². The molecule has 0 aliphatic heterocycles. The maximum Gasteiger partial charge on any atom is 0.347 e. The molecule has 3 aromatic rings. The van der Waals surface area contributed by atoms with E-state index >= 15 is 0 Å². The van der Waals surface area contributed by atoms with Crippen LogP contribution in [-0.4, -0.2) is 15.9 Å². The van der Waals surface area contributed by atoms with Gasteiger partial charge in [-0.25, -0.2) is 19.2 Å². The number of rotatable bonds is 15. The molecule has 0 spiro atoms. The molecular weight excluding hydrogens is 451 g/mol. The van der Waals surface area contributed by atoms with Crippen molar-refractivity contribution in [1.29, 1.82) is 0 Å². The second-order valence-corrected chi connectivity index (χ2v) is 9.47. The van der Waals surface area contributed by atoms with Crippen molar-refractivity contribution < 1.29 is 13.9 Å². The second kappa shape index (κ2) is 15.1. The van der Waals surface area contributed by atoms with Gasteiger partial charge < -0.3 is 4.74 Å². The SMILES string of the molecule is CCCCCCCCCc1ccc(C(=O)Oc2cnc(-c3ccc(CCCCC)cc3)cn2)c(F)c1. The quantitative estimate of drug-likeness (QED) is 0.158. The number of hydrogen-bond donors (Lipinski definition) is 0. The van der Waals surface area contributed by atoms with Crippen LogP contribution < -0.4 is 4.74 Å².